The Kier molecular flexibility index (Phi) is 2.51. The summed E-state index contributed by atoms with van der Waals surface area (Å²) in [5, 5.41) is -3.32. The molecule has 47 heavy (non-hydrogen) atoms. The highest BCUT2D eigenvalue weighted by Crippen LogP contribution is 2.51. The zero-order valence-electron chi connectivity index (χ0n) is 48.6. The highest BCUT2D eigenvalue weighted by Gasteiger charge is 2.35. The van der Waals surface area contributed by atoms with E-state index in [9.17, 15) is 12.3 Å². The van der Waals surface area contributed by atoms with Gasteiger partial charge in [0.15, 0.2) is 0 Å². The van der Waals surface area contributed by atoms with Gasteiger partial charge in [0.2, 0.25) is 0 Å². The Hall–Kier alpha value is -5.66. The summed E-state index contributed by atoms with van der Waals surface area (Å²) in [6.45, 7) is 3.13. The number of hydrogen-bond acceptors (Lipinski definition) is 1. The molecule has 0 bridgehead atoms. The van der Waals surface area contributed by atoms with Crippen LogP contribution in [-0.2, 0) is 11.8 Å². The first-order valence-electron chi connectivity index (χ1n) is 26.6. The Morgan fingerprint density at radius 1 is 0.553 bits per heavy atom. The van der Waals surface area contributed by atoms with E-state index in [1.165, 1.54) is 0 Å². The van der Waals surface area contributed by atoms with E-state index < -0.39 is 206 Å². The van der Waals surface area contributed by atoms with Crippen LogP contribution < -0.4 is 0 Å². The summed E-state index contributed by atoms with van der Waals surface area (Å²) in [7, 11) is 0. The highest BCUT2D eigenvalue weighted by atomic mass is 16.3. The molecule has 0 radical (unpaired) electrons. The molecular formula is C46H32O. The second-order valence-corrected chi connectivity index (χ2v) is 11.8. The van der Waals surface area contributed by atoms with Gasteiger partial charge in [-0.2, -0.15) is 0 Å². The maximum Gasteiger partial charge on any atom is 0.143 e. The molecule has 0 saturated carbocycles. The van der Waals surface area contributed by atoms with Crippen molar-refractivity contribution >= 4 is 54.3 Å². The molecule has 1 aliphatic carbocycles. The summed E-state index contributed by atoms with van der Waals surface area (Å²) in [5.74, 6) is 0. The molecule has 1 aromatic heterocycles. The lowest BCUT2D eigenvalue weighted by Gasteiger charge is -2.22. The summed E-state index contributed by atoms with van der Waals surface area (Å²) < 4.78 is 223. The predicted octanol–water partition coefficient (Wildman–Crippen LogP) is 12.6. The van der Waals surface area contributed by atoms with Crippen LogP contribution in [0.1, 0.15) is 69.0 Å². The first kappa shape index (κ1) is 12.2. The Bertz CT molecular complexity index is 4010. The van der Waals surface area contributed by atoms with E-state index in [1.54, 1.807) is 13.8 Å². The van der Waals surface area contributed by atoms with E-state index in [1.807, 2.05) is 0 Å². The van der Waals surface area contributed by atoms with Crippen molar-refractivity contribution in [1.29, 1.82) is 0 Å². The van der Waals surface area contributed by atoms with Gasteiger partial charge in [0.25, 0.3) is 0 Å². The van der Waals surface area contributed by atoms with Crippen molar-refractivity contribution in [2.24, 2.45) is 0 Å². The lowest BCUT2D eigenvalue weighted by atomic mass is 9.81. The second-order valence-electron chi connectivity index (χ2n) is 11.8. The molecule has 0 aliphatic heterocycles. The molecule has 1 heterocycles. The molecule has 9 aromatic rings. The molecule has 0 unspecified atom stereocenters. The van der Waals surface area contributed by atoms with Crippen LogP contribution in [0.25, 0.3) is 76.5 Å². The van der Waals surface area contributed by atoms with E-state index in [0.717, 1.165) is 0 Å². The topological polar surface area (TPSA) is 13.1 Å². The minimum Gasteiger partial charge on any atom is -0.455 e. The van der Waals surface area contributed by atoms with Gasteiger partial charge >= 0.3 is 0 Å². The van der Waals surface area contributed by atoms with Gasteiger partial charge in [-0.15, -0.1) is 0 Å². The molecule has 222 valence electrons. The average molecular weight is 625 g/mol. The van der Waals surface area contributed by atoms with Crippen LogP contribution in [0.15, 0.2) is 149 Å². The Balaban J connectivity index is 1.44. The normalized spacial score (nSPS) is 20.7. The lowest BCUT2D eigenvalue weighted by molar-refractivity contribution is 0.660. The maximum atomic E-state index is 9.90. The van der Waals surface area contributed by atoms with Crippen molar-refractivity contribution < 1.29 is 37.3 Å². The molecule has 0 fully saturated rings. The number of rotatable bonds is 3. The lowest BCUT2D eigenvalue weighted by Crippen LogP contribution is -2.14. The van der Waals surface area contributed by atoms with Crippen molar-refractivity contribution in [1.82, 2.24) is 0 Å². The number of furan rings is 1. The second kappa shape index (κ2) is 9.67. The van der Waals surface area contributed by atoms with Crippen LogP contribution in [-0.4, -0.2) is 0 Å². The molecule has 10 rings (SSSR count). The molecule has 0 spiro atoms. The third kappa shape index (κ3) is 3.71. The van der Waals surface area contributed by atoms with Crippen LogP contribution in [0, 0.1) is 0 Å². The number of fused-ring (bicyclic) bond motifs is 10. The van der Waals surface area contributed by atoms with Crippen LogP contribution in [0.3, 0.4) is 0 Å². The minimum absolute atomic E-state index is 0.0180. The SMILES string of the molecule is [2H]c1c([2H])c([2H])c2c(c1[2H])-c1c([2H])c(-c3c4c([2H])c([2H])c([2H])c([2H])c4c(Cc4c([2H])c([2H])c([2H])c5oc6c7c([2H])c([2H])c([2H])c([2H])c7c([2H])c([2H])c6c45)c4c([2H])c([2H])c([2H])c([2H])c34)c([2H])c([2H])c1C2(C)C. The Morgan fingerprint density at radius 2 is 1.21 bits per heavy atom. The van der Waals surface area contributed by atoms with Gasteiger partial charge in [-0.25, -0.2) is 0 Å². The van der Waals surface area contributed by atoms with E-state index in [4.69, 9.17) is 25.0 Å². The zero-order chi connectivity index (χ0) is 52.2. The Morgan fingerprint density at radius 3 is 2.00 bits per heavy atom. The van der Waals surface area contributed by atoms with Gasteiger partial charge in [0.1, 0.15) is 11.2 Å². The summed E-state index contributed by atoms with van der Waals surface area (Å²) in [6.07, 6.45) is -0.793. The third-order valence-corrected chi connectivity index (χ3v) is 8.91. The average Bonchev–Trinajstić information content (AvgIpc) is 3.85. The fourth-order valence-electron chi connectivity index (χ4n) is 6.75. The number of hydrogen-bond donors (Lipinski definition) is 0. The summed E-state index contributed by atoms with van der Waals surface area (Å²) >= 11 is 0. The quantitative estimate of drug-likeness (QED) is 0.178. The molecule has 8 aromatic carbocycles. The van der Waals surface area contributed by atoms with Gasteiger partial charge in [-0.1, -0.05) is 141 Å². The van der Waals surface area contributed by atoms with Crippen molar-refractivity contribution in [3.8, 4) is 22.3 Å². The molecular weight excluding hydrogens is 569 g/mol. The third-order valence-electron chi connectivity index (χ3n) is 8.91. The van der Waals surface area contributed by atoms with Gasteiger partial charge in [0.05, 0.1) is 32.9 Å². The van der Waals surface area contributed by atoms with Crippen molar-refractivity contribution in [3.63, 3.8) is 0 Å². The van der Waals surface area contributed by atoms with Crippen molar-refractivity contribution in [2.45, 2.75) is 25.7 Å². The van der Waals surface area contributed by atoms with Crippen molar-refractivity contribution in [2.75, 3.05) is 0 Å². The fraction of sp³-hybridized carbons (Fsp3) is 0.0870. The van der Waals surface area contributed by atoms with Crippen LogP contribution in [0.4, 0.5) is 0 Å². The molecule has 0 saturated heterocycles. The van der Waals surface area contributed by atoms with Crippen molar-refractivity contribution in [3.05, 3.63) is 167 Å². The van der Waals surface area contributed by atoms with E-state index in [-0.39, 0.29) is 49.5 Å². The van der Waals surface area contributed by atoms with E-state index in [0.29, 0.717) is 0 Å². The highest BCUT2D eigenvalue weighted by molar-refractivity contribution is 6.18. The largest absolute Gasteiger partial charge is 0.455 e. The molecule has 1 heteroatoms. The van der Waals surface area contributed by atoms with Crippen LogP contribution >= 0.6 is 0 Å². The molecule has 1 nitrogen and oxygen atoms in total. The first-order chi connectivity index (χ1) is 33.1. The Labute approximate surface area is 307 Å². The summed E-state index contributed by atoms with van der Waals surface area (Å²) in [5.41, 5.74) is -4.39. The molecule has 0 amide bonds. The fourth-order valence-corrected chi connectivity index (χ4v) is 6.75. The molecule has 1 aliphatic rings. The van der Waals surface area contributed by atoms with E-state index in [2.05, 4.69) is 0 Å². The summed E-state index contributed by atoms with van der Waals surface area (Å²) in [4.78, 5) is 0. The minimum atomic E-state index is -1.41. The monoisotopic (exact) mass is 624 g/mol. The molecule has 0 atom stereocenters. The zero-order valence-corrected chi connectivity index (χ0v) is 24.6. The van der Waals surface area contributed by atoms with Crippen LogP contribution in [0.5, 0.6) is 0 Å². The summed E-state index contributed by atoms with van der Waals surface area (Å²) in [6, 6.07) is -17.3. The van der Waals surface area contributed by atoms with Gasteiger partial charge in [0, 0.05) is 21.6 Å². The van der Waals surface area contributed by atoms with Gasteiger partial charge in [-0.05, 0) is 96.0 Å². The standard InChI is InChI=1S/C46H32O/c1-46(2)40-20-10-9-17-34(40)39-27-30(23-25-41(39)46)43-35-18-7-5-15-32(35)38(33-16-6-8-19-36(33)43)26-29-13-11-21-42-44(29)37-24-22-28-12-3-4-14-31(28)45(37)47-42/h3-25,27H,26H2,1-2H3/i3D,4D,5D,6D,7D,8D,9D,10D,11D,12D,13D,14D,15D,16D,17D,18D,19D,20D,21D,22D,23D,24D,25D,27D. The predicted molar refractivity (Wildman–Crippen MR) is 198 cm³/mol. The van der Waals surface area contributed by atoms with E-state index >= 15 is 0 Å². The number of benzene rings is 8. The van der Waals surface area contributed by atoms with Crippen LogP contribution in [0.2, 0.25) is 0 Å². The molecule has 0 N–H and O–H groups in total. The van der Waals surface area contributed by atoms with Gasteiger partial charge < -0.3 is 4.42 Å². The maximum absolute atomic E-state index is 9.90. The smallest absolute Gasteiger partial charge is 0.143 e. The first-order valence-corrected chi connectivity index (χ1v) is 14.6. The van der Waals surface area contributed by atoms with Gasteiger partial charge in [-0.3, -0.25) is 0 Å².